The van der Waals surface area contributed by atoms with Crippen LogP contribution in [0, 0.1) is 5.82 Å². The molecule has 136 valence electrons. The summed E-state index contributed by atoms with van der Waals surface area (Å²) in [7, 11) is 0. The maximum atomic E-state index is 14.2. The third-order valence-electron chi connectivity index (χ3n) is 4.87. The molecule has 5 nitrogen and oxygen atoms in total. The molecule has 6 heteroatoms. The Morgan fingerprint density at radius 1 is 1.27 bits per heavy atom. The number of fused-ring (bicyclic) bond motifs is 2. The summed E-state index contributed by atoms with van der Waals surface area (Å²) in [4.78, 5) is 14.3. The number of amides is 1. The molecule has 0 radical (unpaired) electrons. The molecule has 0 saturated carbocycles. The van der Waals surface area contributed by atoms with E-state index in [1.54, 1.807) is 6.07 Å². The molecule has 0 aliphatic carbocycles. The van der Waals surface area contributed by atoms with Crippen LogP contribution in [0.15, 0.2) is 36.4 Å². The van der Waals surface area contributed by atoms with Gasteiger partial charge < -0.3 is 19.7 Å². The zero-order chi connectivity index (χ0) is 18.1. The van der Waals surface area contributed by atoms with Gasteiger partial charge in [-0.05, 0) is 49.1 Å². The van der Waals surface area contributed by atoms with Gasteiger partial charge in [-0.25, -0.2) is 4.39 Å². The average Bonchev–Trinajstić information content (AvgIpc) is 3.09. The summed E-state index contributed by atoms with van der Waals surface area (Å²) in [6.45, 7) is 2.96. The van der Waals surface area contributed by atoms with Crippen molar-refractivity contribution >= 4 is 11.6 Å². The van der Waals surface area contributed by atoms with Crippen LogP contribution in [0.4, 0.5) is 10.1 Å². The zero-order valence-electron chi connectivity index (χ0n) is 14.6. The smallest absolute Gasteiger partial charge is 0.239 e. The molecular formula is C20H21FN2O3. The minimum atomic E-state index is -0.265. The van der Waals surface area contributed by atoms with Gasteiger partial charge in [-0.2, -0.15) is 0 Å². The van der Waals surface area contributed by atoms with Crippen LogP contribution in [0.25, 0.3) is 0 Å². The number of anilines is 1. The van der Waals surface area contributed by atoms with Gasteiger partial charge >= 0.3 is 0 Å². The molecule has 0 fully saturated rings. The molecular weight excluding hydrogens is 335 g/mol. The van der Waals surface area contributed by atoms with Crippen LogP contribution in [0.5, 0.6) is 11.5 Å². The lowest BCUT2D eigenvalue weighted by Crippen LogP contribution is -2.41. The number of rotatable bonds is 4. The summed E-state index contributed by atoms with van der Waals surface area (Å²) < 4.78 is 24.9. The molecule has 1 N–H and O–H groups in total. The van der Waals surface area contributed by atoms with E-state index in [1.807, 2.05) is 36.1 Å². The van der Waals surface area contributed by atoms with Crippen LogP contribution in [0.2, 0.25) is 0 Å². The summed E-state index contributed by atoms with van der Waals surface area (Å²) in [5.74, 6) is 1.01. The molecule has 0 bridgehead atoms. The van der Waals surface area contributed by atoms with Crippen molar-refractivity contribution < 1.29 is 18.7 Å². The molecule has 0 spiro atoms. The molecule has 0 aromatic heterocycles. The molecule has 0 saturated heterocycles. The van der Waals surface area contributed by atoms with Crippen LogP contribution in [-0.2, 0) is 11.2 Å². The van der Waals surface area contributed by atoms with E-state index in [9.17, 15) is 9.18 Å². The van der Waals surface area contributed by atoms with Crippen LogP contribution in [0.3, 0.4) is 0 Å². The van der Waals surface area contributed by atoms with Crippen molar-refractivity contribution in [2.45, 2.75) is 25.8 Å². The summed E-state index contributed by atoms with van der Waals surface area (Å²) in [6.07, 6.45) is 1.76. The molecule has 2 heterocycles. The van der Waals surface area contributed by atoms with Crippen LogP contribution < -0.4 is 19.7 Å². The Bertz CT molecular complexity index is 840. The number of nitrogens with zero attached hydrogens (tertiary/aromatic N) is 1. The molecule has 1 atom stereocenters. The first kappa shape index (κ1) is 16.7. The van der Waals surface area contributed by atoms with Crippen molar-refractivity contribution in [2.75, 3.05) is 24.8 Å². The van der Waals surface area contributed by atoms with Crippen molar-refractivity contribution in [3.8, 4) is 11.5 Å². The summed E-state index contributed by atoms with van der Waals surface area (Å²) in [5.41, 5.74) is 2.46. The molecule has 4 rings (SSSR count). The summed E-state index contributed by atoms with van der Waals surface area (Å²) >= 11 is 0. The van der Waals surface area contributed by atoms with Crippen molar-refractivity contribution in [3.05, 3.63) is 53.3 Å². The zero-order valence-corrected chi connectivity index (χ0v) is 14.6. The van der Waals surface area contributed by atoms with E-state index < -0.39 is 0 Å². The van der Waals surface area contributed by atoms with Gasteiger partial charge in [0.1, 0.15) is 5.82 Å². The number of halogens is 1. The fourth-order valence-corrected chi connectivity index (χ4v) is 3.57. The second-order valence-corrected chi connectivity index (χ2v) is 6.67. The highest BCUT2D eigenvalue weighted by Gasteiger charge is 2.23. The Kier molecular flexibility index (Phi) is 4.41. The van der Waals surface area contributed by atoms with Gasteiger partial charge in [0.2, 0.25) is 12.7 Å². The van der Waals surface area contributed by atoms with E-state index in [-0.39, 0.29) is 31.1 Å². The molecule has 2 aliphatic heterocycles. The lowest BCUT2D eigenvalue weighted by molar-refractivity contribution is -0.120. The van der Waals surface area contributed by atoms with E-state index in [1.165, 1.54) is 6.07 Å². The quantitative estimate of drug-likeness (QED) is 0.914. The largest absolute Gasteiger partial charge is 0.454 e. The minimum absolute atomic E-state index is 0.133. The number of carbonyl (C=O) groups is 1. The third kappa shape index (κ3) is 3.19. The lowest BCUT2D eigenvalue weighted by Gasteiger charge is -2.31. The highest BCUT2D eigenvalue weighted by Crippen LogP contribution is 2.34. The minimum Gasteiger partial charge on any atom is -0.454 e. The maximum absolute atomic E-state index is 14.2. The van der Waals surface area contributed by atoms with Crippen molar-refractivity contribution in [1.82, 2.24) is 5.32 Å². The summed E-state index contributed by atoms with van der Waals surface area (Å²) in [5, 5.41) is 2.99. The third-order valence-corrected chi connectivity index (χ3v) is 4.87. The van der Waals surface area contributed by atoms with E-state index >= 15 is 0 Å². The average molecular weight is 356 g/mol. The molecule has 26 heavy (non-hydrogen) atoms. The number of ether oxygens (including phenoxy) is 2. The Labute approximate surface area is 151 Å². The predicted octanol–water partition coefficient (Wildman–Crippen LogP) is 3.18. The monoisotopic (exact) mass is 356 g/mol. The Balaban J connectivity index is 1.43. The van der Waals surface area contributed by atoms with E-state index in [2.05, 4.69) is 5.32 Å². The van der Waals surface area contributed by atoms with Gasteiger partial charge in [-0.3, -0.25) is 4.79 Å². The first-order valence-electron chi connectivity index (χ1n) is 8.83. The Morgan fingerprint density at radius 3 is 3.00 bits per heavy atom. The van der Waals surface area contributed by atoms with Gasteiger partial charge in [-0.1, -0.05) is 18.2 Å². The number of hydrogen-bond donors (Lipinski definition) is 1. The molecule has 1 unspecified atom stereocenters. The number of hydrogen-bond acceptors (Lipinski definition) is 4. The fraction of sp³-hybridized carbons (Fsp3) is 0.350. The van der Waals surface area contributed by atoms with Crippen molar-refractivity contribution in [2.24, 2.45) is 0 Å². The number of carbonyl (C=O) groups excluding carboxylic acids is 1. The Morgan fingerprint density at radius 2 is 2.12 bits per heavy atom. The van der Waals surface area contributed by atoms with Gasteiger partial charge in [-0.15, -0.1) is 0 Å². The number of nitrogens with one attached hydrogen (secondary N) is 1. The second-order valence-electron chi connectivity index (χ2n) is 6.67. The predicted molar refractivity (Wildman–Crippen MR) is 96.1 cm³/mol. The topological polar surface area (TPSA) is 50.8 Å². The van der Waals surface area contributed by atoms with Crippen molar-refractivity contribution in [3.63, 3.8) is 0 Å². The first-order valence-corrected chi connectivity index (χ1v) is 8.83. The molecule has 2 aliphatic rings. The van der Waals surface area contributed by atoms with Gasteiger partial charge in [0, 0.05) is 6.54 Å². The second kappa shape index (κ2) is 6.86. The van der Waals surface area contributed by atoms with Gasteiger partial charge in [0.05, 0.1) is 18.3 Å². The number of aryl methyl sites for hydroxylation is 1. The highest BCUT2D eigenvalue weighted by molar-refractivity contribution is 5.82. The normalized spacial score (nSPS) is 16.2. The van der Waals surface area contributed by atoms with Crippen LogP contribution >= 0.6 is 0 Å². The fourth-order valence-electron chi connectivity index (χ4n) is 3.57. The van der Waals surface area contributed by atoms with E-state index in [0.717, 1.165) is 24.0 Å². The highest BCUT2D eigenvalue weighted by atomic mass is 19.1. The number of benzene rings is 2. The van der Waals surface area contributed by atoms with Gasteiger partial charge in [0.15, 0.2) is 11.5 Å². The van der Waals surface area contributed by atoms with Crippen LogP contribution in [-0.4, -0.2) is 25.8 Å². The molecule has 2 aromatic rings. The Hall–Kier alpha value is -2.76. The lowest BCUT2D eigenvalue weighted by atomic mass is 10.0. The molecule has 1 amide bonds. The SMILES string of the molecule is CC(NC(=O)CN1CCCc2cccc(F)c21)c1ccc2c(c1)OCO2. The standard InChI is InChI=1S/C20H21FN2O3/c1-13(15-7-8-17-18(10-15)26-12-25-17)22-19(24)11-23-9-3-5-14-4-2-6-16(21)20(14)23/h2,4,6-8,10,13H,3,5,9,11-12H2,1H3,(H,22,24). The molecule has 2 aromatic carbocycles. The van der Waals surface area contributed by atoms with E-state index in [4.69, 9.17) is 9.47 Å². The number of para-hydroxylation sites is 1. The maximum Gasteiger partial charge on any atom is 0.239 e. The van der Waals surface area contributed by atoms with Crippen molar-refractivity contribution in [1.29, 1.82) is 0 Å². The summed E-state index contributed by atoms with van der Waals surface area (Å²) in [6, 6.07) is 10.6. The van der Waals surface area contributed by atoms with Gasteiger partial charge in [0.25, 0.3) is 0 Å². The van der Waals surface area contributed by atoms with Crippen LogP contribution in [0.1, 0.15) is 30.5 Å². The first-order chi connectivity index (χ1) is 12.6. The van der Waals surface area contributed by atoms with E-state index in [0.29, 0.717) is 23.7 Å².